The topological polar surface area (TPSA) is 96.2 Å². The molecule has 0 heterocycles. The smallest absolute Gasteiger partial charge is 0.329 e. The largest absolute Gasteiger partial charge is 0.457 e. The summed E-state index contributed by atoms with van der Waals surface area (Å²) in [6, 6.07) is 8.38. The van der Waals surface area contributed by atoms with Crippen LogP contribution in [0.1, 0.15) is 63.8 Å². The highest BCUT2D eigenvalue weighted by atomic mass is 31.2. The molecule has 0 fully saturated rings. The van der Waals surface area contributed by atoms with Gasteiger partial charge in [-0.2, -0.15) is 0 Å². The number of rotatable bonds is 5. The lowest BCUT2D eigenvalue weighted by molar-refractivity contribution is 0.371. The molecule has 0 aliphatic heterocycles. The van der Waals surface area contributed by atoms with Gasteiger partial charge in [0, 0.05) is 0 Å². The lowest BCUT2D eigenvalue weighted by Gasteiger charge is -2.15. The van der Waals surface area contributed by atoms with Crippen molar-refractivity contribution in [2.75, 3.05) is 0 Å². The second kappa shape index (κ2) is 14.9. The summed E-state index contributed by atoms with van der Waals surface area (Å²) in [5, 5.41) is 2.92. The molecule has 0 saturated carbocycles. The van der Waals surface area contributed by atoms with Crippen LogP contribution in [0.2, 0.25) is 0 Å². The van der Waals surface area contributed by atoms with Crippen molar-refractivity contribution in [3.63, 3.8) is 0 Å². The first-order valence-electron chi connectivity index (χ1n) is 9.96. The average molecular weight is 426 g/mol. The van der Waals surface area contributed by atoms with Gasteiger partial charge in [-0.3, -0.25) is 4.57 Å². The predicted molar refractivity (Wildman–Crippen MR) is 122 cm³/mol. The summed E-state index contributed by atoms with van der Waals surface area (Å²) in [5.41, 5.74) is 3.21. The molecule has 2 rings (SSSR count). The van der Waals surface area contributed by atoms with Gasteiger partial charge in [-0.25, -0.2) is 0 Å². The van der Waals surface area contributed by atoms with Crippen LogP contribution in [0.25, 0.3) is 0 Å². The van der Waals surface area contributed by atoms with Gasteiger partial charge in [0.1, 0.15) is 17.2 Å². The second-order valence-corrected chi connectivity index (χ2v) is 7.17. The lowest BCUT2D eigenvalue weighted by atomic mass is 10.1. The minimum absolute atomic E-state index is 0.298. The Morgan fingerprint density at radius 1 is 0.862 bits per heavy atom. The van der Waals surface area contributed by atoms with Crippen LogP contribution in [0.3, 0.4) is 0 Å². The molecule has 0 unspecified atom stereocenters. The number of aryl methyl sites for hydroxylation is 3. The van der Waals surface area contributed by atoms with Gasteiger partial charge < -0.3 is 14.5 Å². The Labute approximate surface area is 175 Å². The highest BCUT2D eigenvalue weighted by Gasteiger charge is 2.16. The molecule has 7 heteroatoms. The Balaban J connectivity index is 0. The predicted octanol–water partition coefficient (Wildman–Crippen LogP) is 7.56. The zero-order valence-electron chi connectivity index (χ0n) is 19.1. The van der Waals surface area contributed by atoms with Crippen LogP contribution in [0.4, 0.5) is 5.69 Å². The van der Waals surface area contributed by atoms with E-state index in [0.29, 0.717) is 28.3 Å². The number of hydrogen-bond donors (Lipinski definition) is 2. The summed E-state index contributed by atoms with van der Waals surface area (Å²) >= 11 is 0. The molecule has 0 saturated heterocycles. The van der Waals surface area contributed by atoms with E-state index < -0.39 is 7.60 Å². The fraction of sp³-hybridized carbons (Fsp3) is 0.455. The number of benzene rings is 2. The number of ether oxygens (including phenoxy) is 1. The minimum atomic E-state index is -4.11. The van der Waals surface area contributed by atoms with Crippen LogP contribution in [0.15, 0.2) is 35.5 Å². The van der Waals surface area contributed by atoms with Gasteiger partial charge in [0.15, 0.2) is 0 Å². The minimum Gasteiger partial charge on any atom is -0.457 e. The van der Waals surface area contributed by atoms with E-state index in [-0.39, 0.29) is 6.16 Å². The van der Waals surface area contributed by atoms with Gasteiger partial charge >= 0.3 is 7.60 Å². The molecule has 2 aromatic rings. The second-order valence-electron chi connectivity index (χ2n) is 5.52. The van der Waals surface area contributed by atoms with Crippen molar-refractivity contribution in [1.82, 2.24) is 0 Å². The SMILES string of the molecule is CC.CC.CC.Cc1cc(Oc2c(C)cc(CP(=O)(O)O)cc2C)ccc1N=O. The average Bonchev–Trinajstić information content (AvgIpc) is 2.68. The molecule has 0 aliphatic rings. The van der Waals surface area contributed by atoms with Gasteiger partial charge in [-0.15, -0.1) is 4.91 Å². The molecule has 0 radical (unpaired) electrons. The monoisotopic (exact) mass is 425 g/mol. The Hall–Kier alpha value is -2.01. The zero-order valence-corrected chi connectivity index (χ0v) is 20.0. The molecular formula is C22H36NO5P. The third kappa shape index (κ3) is 10.4. The third-order valence-corrected chi connectivity index (χ3v) is 4.17. The molecule has 164 valence electrons. The molecule has 0 atom stereocenters. The van der Waals surface area contributed by atoms with Crippen molar-refractivity contribution in [2.24, 2.45) is 5.18 Å². The molecule has 0 bridgehead atoms. The first kappa shape index (κ1) is 29.2. The van der Waals surface area contributed by atoms with Gasteiger partial charge in [-0.05, 0) is 66.4 Å². The first-order valence-corrected chi connectivity index (χ1v) is 11.8. The van der Waals surface area contributed by atoms with E-state index >= 15 is 0 Å². The summed E-state index contributed by atoms with van der Waals surface area (Å²) in [7, 11) is -4.11. The van der Waals surface area contributed by atoms with Crippen LogP contribution < -0.4 is 4.74 Å². The maximum atomic E-state index is 11.1. The van der Waals surface area contributed by atoms with Gasteiger partial charge in [0.2, 0.25) is 0 Å². The quantitative estimate of drug-likeness (QED) is 0.380. The summed E-state index contributed by atoms with van der Waals surface area (Å²) in [6.45, 7) is 17.4. The van der Waals surface area contributed by atoms with E-state index in [4.69, 9.17) is 14.5 Å². The van der Waals surface area contributed by atoms with Crippen LogP contribution >= 0.6 is 7.60 Å². The Bertz CT molecular complexity index is 777. The molecule has 0 amide bonds. The van der Waals surface area contributed by atoms with Crippen LogP contribution in [0.5, 0.6) is 11.5 Å². The molecule has 0 aromatic heterocycles. The van der Waals surface area contributed by atoms with E-state index in [1.807, 2.05) is 55.4 Å². The maximum Gasteiger partial charge on any atom is 0.329 e. The van der Waals surface area contributed by atoms with Crippen molar-refractivity contribution >= 4 is 13.3 Å². The van der Waals surface area contributed by atoms with Gasteiger partial charge in [0.25, 0.3) is 0 Å². The van der Waals surface area contributed by atoms with Crippen molar-refractivity contribution in [3.8, 4) is 11.5 Å². The van der Waals surface area contributed by atoms with Gasteiger partial charge in [0.05, 0.1) is 6.16 Å². The fourth-order valence-electron chi connectivity index (χ4n) is 2.44. The summed E-state index contributed by atoms with van der Waals surface area (Å²) in [5.74, 6) is 1.20. The lowest BCUT2D eigenvalue weighted by Crippen LogP contribution is -1.95. The molecular weight excluding hydrogens is 389 g/mol. The Kier molecular flexibility index (Phi) is 15.0. The number of nitroso groups, excluding NO2 is 1. The number of nitrogens with zero attached hydrogens (tertiary/aromatic N) is 1. The van der Waals surface area contributed by atoms with Crippen molar-refractivity contribution < 1.29 is 19.1 Å². The molecule has 29 heavy (non-hydrogen) atoms. The first-order chi connectivity index (χ1) is 13.7. The highest BCUT2D eigenvalue weighted by molar-refractivity contribution is 7.50. The van der Waals surface area contributed by atoms with Gasteiger partial charge in [-0.1, -0.05) is 53.7 Å². The number of hydrogen-bond acceptors (Lipinski definition) is 4. The van der Waals surface area contributed by atoms with Crippen LogP contribution in [-0.2, 0) is 10.7 Å². The van der Waals surface area contributed by atoms with Crippen LogP contribution in [0, 0.1) is 25.7 Å². The maximum absolute atomic E-state index is 11.1. The molecule has 0 aliphatic carbocycles. The summed E-state index contributed by atoms with van der Waals surface area (Å²) < 4.78 is 17.0. The molecule has 0 spiro atoms. The van der Waals surface area contributed by atoms with Crippen LogP contribution in [-0.4, -0.2) is 9.79 Å². The third-order valence-electron chi connectivity index (χ3n) is 3.40. The Morgan fingerprint density at radius 2 is 1.34 bits per heavy atom. The Morgan fingerprint density at radius 3 is 1.72 bits per heavy atom. The zero-order chi connectivity index (χ0) is 23.2. The van der Waals surface area contributed by atoms with E-state index in [0.717, 1.165) is 11.1 Å². The van der Waals surface area contributed by atoms with Crippen molar-refractivity contribution in [3.05, 3.63) is 57.5 Å². The van der Waals surface area contributed by atoms with E-state index in [2.05, 4.69) is 5.18 Å². The summed E-state index contributed by atoms with van der Waals surface area (Å²) in [4.78, 5) is 28.8. The van der Waals surface area contributed by atoms with Crippen molar-refractivity contribution in [1.29, 1.82) is 0 Å². The van der Waals surface area contributed by atoms with E-state index in [9.17, 15) is 9.47 Å². The standard InChI is InChI=1S/C16H18NO5P.3C2H6/c1-10-8-14(4-5-15(10)17-18)22-16-11(2)6-13(7-12(16)3)9-23(19,20)21;3*1-2/h4-8H,9H2,1-3H3,(H2,19,20,21);3*1-2H3. The summed E-state index contributed by atoms with van der Waals surface area (Å²) in [6.07, 6.45) is -0.298. The molecule has 2 N–H and O–H groups in total. The molecule has 2 aromatic carbocycles. The van der Waals surface area contributed by atoms with E-state index in [1.54, 1.807) is 37.3 Å². The highest BCUT2D eigenvalue weighted by Crippen LogP contribution is 2.41. The normalized spacial score (nSPS) is 9.62. The fourth-order valence-corrected chi connectivity index (χ4v) is 3.10. The molecule has 6 nitrogen and oxygen atoms in total. The van der Waals surface area contributed by atoms with Crippen molar-refractivity contribution in [2.45, 2.75) is 68.5 Å². The van der Waals surface area contributed by atoms with E-state index in [1.165, 1.54) is 0 Å².